The van der Waals surface area contributed by atoms with Crippen LogP contribution in [0.1, 0.15) is 13.8 Å². The number of hydrogen-bond acceptors (Lipinski definition) is 3. The number of rotatable bonds is 1. The molecule has 56 valence electrons. The second-order valence-electron chi connectivity index (χ2n) is 3.23. The van der Waals surface area contributed by atoms with E-state index in [0.717, 1.165) is 0 Å². The van der Waals surface area contributed by atoms with Crippen molar-refractivity contribution in [1.82, 2.24) is 4.90 Å². The minimum atomic E-state index is -0.404. The maximum atomic E-state index is 8.93. The first kappa shape index (κ1) is 7.52. The van der Waals surface area contributed by atoms with Crippen molar-refractivity contribution in [3.63, 3.8) is 0 Å². The average molecular weight is 140 g/mol. The quantitative estimate of drug-likeness (QED) is 0.556. The van der Waals surface area contributed by atoms with E-state index in [9.17, 15) is 0 Å². The van der Waals surface area contributed by atoms with Crippen molar-refractivity contribution >= 4 is 0 Å². The van der Waals surface area contributed by atoms with E-state index in [0.29, 0.717) is 13.1 Å². The Bertz CT molecular complexity index is 165. The molecule has 0 aromatic heterocycles. The third-order valence-electron chi connectivity index (χ3n) is 1.93. The van der Waals surface area contributed by atoms with Crippen molar-refractivity contribution in [1.29, 1.82) is 5.26 Å². The zero-order chi connectivity index (χ0) is 7.78. The molecule has 0 radical (unpaired) electrons. The Morgan fingerprint density at radius 3 is 2.40 bits per heavy atom. The minimum absolute atomic E-state index is 0.215. The van der Waals surface area contributed by atoms with Gasteiger partial charge in [0.2, 0.25) is 0 Å². The summed E-state index contributed by atoms with van der Waals surface area (Å²) in [5.74, 6) is 0. The van der Waals surface area contributed by atoms with Gasteiger partial charge in [0, 0.05) is 13.1 Å². The van der Waals surface area contributed by atoms with E-state index in [-0.39, 0.29) is 6.10 Å². The van der Waals surface area contributed by atoms with Crippen molar-refractivity contribution in [3.8, 4) is 6.07 Å². The predicted molar refractivity (Wildman–Crippen MR) is 37.3 cm³/mol. The summed E-state index contributed by atoms with van der Waals surface area (Å²) in [6, 6.07) is 2.18. The zero-order valence-corrected chi connectivity index (χ0v) is 6.33. The average Bonchev–Trinajstić information content (AvgIpc) is 1.81. The van der Waals surface area contributed by atoms with E-state index in [1.165, 1.54) is 0 Å². The Kier molecular flexibility index (Phi) is 1.67. The lowest BCUT2D eigenvalue weighted by atomic mass is 9.99. The molecule has 0 bridgehead atoms. The predicted octanol–water partition coefficient (Wildman–Crippen LogP) is -0.0349. The van der Waals surface area contributed by atoms with Crippen molar-refractivity contribution in [3.05, 3.63) is 0 Å². The molecule has 1 heterocycles. The first-order chi connectivity index (χ1) is 4.56. The lowest BCUT2D eigenvalue weighted by molar-refractivity contribution is -0.0365. The summed E-state index contributed by atoms with van der Waals surface area (Å²) < 4.78 is 0. The standard InChI is InChI=1S/C7H12N2O/c1-7(2,5-8)9-3-6(10)4-9/h6,10H,3-4H2,1-2H3. The van der Waals surface area contributed by atoms with Crippen molar-refractivity contribution < 1.29 is 5.11 Å². The second kappa shape index (κ2) is 2.22. The fourth-order valence-electron chi connectivity index (χ4n) is 0.982. The van der Waals surface area contributed by atoms with Gasteiger partial charge in [0.25, 0.3) is 0 Å². The number of β-amino-alcohol motifs (C(OH)–C–C–N with tert-alkyl or cyclic N) is 1. The molecule has 10 heavy (non-hydrogen) atoms. The van der Waals surface area contributed by atoms with Crippen molar-refractivity contribution in [2.75, 3.05) is 13.1 Å². The molecule has 1 fully saturated rings. The molecule has 1 aliphatic rings. The molecule has 1 aliphatic heterocycles. The molecule has 0 aromatic rings. The van der Waals surface area contributed by atoms with Gasteiger partial charge < -0.3 is 5.11 Å². The molecular formula is C7H12N2O. The van der Waals surface area contributed by atoms with Gasteiger partial charge >= 0.3 is 0 Å². The Labute approximate surface area is 60.9 Å². The van der Waals surface area contributed by atoms with Gasteiger partial charge in [-0.25, -0.2) is 0 Å². The number of aliphatic hydroxyl groups excluding tert-OH is 1. The Hall–Kier alpha value is -0.590. The summed E-state index contributed by atoms with van der Waals surface area (Å²) in [4.78, 5) is 1.96. The van der Waals surface area contributed by atoms with Crippen LogP contribution in [0.15, 0.2) is 0 Å². The summed E-state index contributed by atoms with van der Waals surface area (Å²) in [6.45, 7) is 5.00. The van der Waals surface area contributed by atoms with E-state index >= 15 is 0 Å². The van der Waals surface area contributed by atoms with Crippen LogP contribution in [-0.4, -0.2) is 34.7 Å². The molecule has 0 atom stereocenters. The van der Waals surface area contributed by atoms with Gasteiger partial charge in [-0.1, -0.05) is 0 Å². The highest BCUT2D eigenvalue weighted by molar-refractivity contribution is 5.05. The largest absolute Gasteiger partial charge is 0.390 e. The highest BCUT2D eigenvalue weighted by atomic mass is 16.3. The van der Waals surface area contributed by atoms with Gasteiger partial charge in [0.05, 0.1) is 12.2 Å². The fourth-order valence-corrected chi connectivity index (χ4v) is 0.982. The van der Waals surface area contributed by atoms with E-state index in [2.05, 4.69) is 6.07 Å². The highest BCUT2D eigenvalue weighted by Crippen LogP contribution is 2.20. The van der Waals surface area contributed by atoms with Gasteiger partial charge in [-0.3, -0.25) is 4.90 Å². The van der Waals surface area contributed by atoms with Crippen molar-refractivity contribution in [2.45, 2.75) is 25.5 Å². The summed E-state index contributed by atoms with van der Waals surface area (Å²) in [5.41, 5.74) is -0.404. The SMILES string of the molecule is CC(C)(C#N)N1CC(O)C1. The Balaban J connectivity index is 2.46. The number of nitriles is 1. The first-order valence-electron chi connectivity index (χ1n) is 3.40. The third kappa shape index (κ3) is 1.13. The van der Waals surface area contributed by atoms with E-state index in [1.807, 2.05) is 18.7 Å². The number of hydrogen-bond donors (Lipinski definition) is 1. The number of aliphatic hydroxyl groups is 1. The maximum Gasteiger partial charge on any atom is 0.103 e. The summed E-state index contributed by atoms with van der Waals surface area (Å²) >= 11 is 0. The van der Waals surface area contributed by atoms with Crippen LogP contribution in [0.5, 0.6) is 0 Å². The molecule has 3 nitrogen and oxygen atoms in total. The fraction of sp³-hybridized carbons (Fsp3) is 0.857. The van der Waals surface area contributed by atoms with Gasteiger partial charge in [-0.05, 0) is 13.8 Å². The van der Waals surface area contributed by atoms with Crippen LogP contribution >= 0.6 is 0 Å². The molecule has 1 rings (SSSR count). The molecule has 1 saturated heterocycles. The molecule has 0 unspecified atom stereocenters. The molecular weight excluding hydrogens is 128 g/mol. The van der Waals surface area contributed by atoms with Gasteiger partial charge in [-0.15, -0.1) is 0 Å². The van der Waals surface area contributed by atoms with E-state index < -0.39 is 5.54 Å². The first-order valence-corrected chi connectivity index (χ1v) is 3.40. The Morgan fingerprint density at radius 2 is 2.10 bits per heavy atom. The number of likely N-dealkylation sites (tertiary alicyclic amines) is 1. The van der Waals surface area contributed by atoms with Crippen LogP contribution in [0.25, 0.3) is 0 Å². The number of nitrogens with zero attached hydrogens (tertiary/aromatic N) is 2. The zero-order valence-electron chi connectivity index (χ0n) is 6.33. The molecule has 1 N–H and O–H groups in total. The van der Waals surface area contributed by atoms with Crippen LogP contribution in [0.4, 0.5) is 0 Å². The molecule has 3 heteroatoms. The summed E-state index contributed by atoms with van der Waals surface area (Å²) in [7, 11) is 0. The van der Waals surface area contributed by atoms with Gasteiger partial charge in [0.15, 0.2) is 0 Å². The van der Waals surface area contributed by atoms with Crippen LogP contribution < -0.4 is 0 Å². The van der Waals surface area contributed by atoms with Crippen LogP contribution in [0.2, 0.25) is 0 Å². The third-order valence-corrected chi connectivity index (χ3v) is 1.93. The van der Waals surface area contributed by atoms with E-state index in [4.69, 9.17) is 10.4 Å². The lowest BCUT2D eigenvalue weighted by Crippen LogP contribution is -2.59. The molecule has 0 aliphatic carbocycles. The van der Waals surface area contributed by atoms with Crippen LogP contribution in [0.3, 0.4) is 0 Å². The molecule has 0 amide bonds. The lowest BCUT2D eigenvalue weighted by Gasteiger charge is -2.43. The van der Waals surface area contributed by atoms with Gasteiger partial charge in [-0.2, -0.15) is 5.26 Å². The second-order valence-corrected chi connectivity index (χ2v) is 3.23. The van der Waals surface area contributed by atoms with Gasteiger partial charge in [0.1, 0.15) is 5.54 Å². The smallest absolute Gasteiger partial charge is 0.103 e. The van der Waals surface area contributed by atoms with Crippen LogP contribution in [0, 0.1) is 11.3 Å². The maximum absolute atomic E-state index is 8.93. The van der Waals surface area contributed by atoms with E-state index in [1.54, 1.807) is 0 Å². The highest BCUT2D eigenvalue weighted by Gasteiger charge is 2.36. The normalized spacial score (nSPS) is 21.8. The molecule has 0 saturated carbocycles. The summed E-state index contributed by atoms with van der Waals surface area (Å²) in [6.07, 6.45) is -0.215. The van der Waals surface area contributed by atoms with Crippen molar-refractivity contribution in [2.24, 2.45) is 0 Å². The monoisotopic (exact) mass is 140 g/mol. The summed E-state index contributed by atoms with van der Waals surface area (Å²) in [5, 5.41) is 17.6. The Morgan fingerprint density at radius 1 is 1.60 bits per heavy atom. The minimum Gasteiger partial charge on any atom is -0.390 e. The molecule has 0 spiro atoms. The van der Waals surface area contributed by atoms with Crippen LogP contribution in [-0.2, 0) is 0 Å². The topological polar surface area (TPSA) is 47.3 Å². The molecule has 0 aromatic carbocycles.